The lowest BCUT2D eigenvalue weighted by Crippen LogP contribution is -2.32. The fraction of sp³-hybridized carbons (Fsp3) is 0.174. The Bertz CT molecular complexity index is 1010. The molecule has 1 amide bonds. The minimum atomic E-state index is -0.230. The lowest BCUT2D eigenvalue weighted by atomic mass is 10.1. The maximum absolute atomic E-state index is 13.1. The van der Waals surface area contributed by atoms with Crippen molar-refractivity contribution in [2.24, 2.45) is 0 Å². The molecule has 0 saturated heterocycles. The number of benzene rings is 3. The molecule has 4 heteroatoms. The van der Waals surface area contributed by atoms with Gasteiger partial charge in [-0.15, -0.1) is 0 Å². The smallest absolute Gasteiger partial charge is 0.256 e. The lowest BCUT2D eigenvalue weighted by Gasteiger charge is -2.28. The third-order valence-corrected chi connectivity index (χ3v) is 5.54. The minimum Gasteiger partial charge on any atom is -0.361 e. The number of rotatable bonds is 4. The third kappa shape index (κ3) is 3.31. The average molecular weight is 377 g/mol. The van der Waals surface area contributed by atoms with Crippen molar-refractivity contribution in [3.8, 4) is 0 Å². The molecule has 27 heavy (non-hydrogen) atoms. The highest BCUT2D eigenvalue weighted by atomic mass is 35.5. The Morgan fingerprint density at radius 1 is 0.963 bits per heavy atom. The lowest BCUT2D eigenvalue weighted by molar-refractivity contribution is 0.0729. The summed E-state index contributed by atoms with van der Waals surface area (Å²) in [6.45, 7) is 4.64. The van der Waals surface area contributed by atoms with Gasteiger partial charge in [0.25, 0.3) is 5.91 Å². The van der Waals surface area contributed by atoms with Crippen molar-refractivity contribution in [3.63, 3.8) is 0 Å². The van der Waals surface area contributed by atoms with Gasteiger partial charge in [-0.1, -0.05) is 54.1 Å². The molecule has 0 fully saturated rings. The molecular weight excluding hydrogens is 356 g/mol. The zero-order chi connectivity index (χ0) is 19.0. The number of aryl methyl sites for hydroxylation is 2. The Kier molecular flexibility index (Phi) is 4.63. The van der Waals surface area contributed by atoms with Crippen LogP contribution in [0.2, 0.25) is 5.02 Å². The Balaban J connectivity index is 1.71. The van der Waals surface area contributed by atoms with Gasteiger partial charge < -0.3 is 10.2 Å². The number of fused-ring (bicyclic) bond motifs is 1. The van der Waals surface area contributed by atoms with Gasteiger partial charge >= 0.3 is 0 Å². The molecule has 0 aromatic heterocycles. The normalized spacial score (nSPS) is 15.7. The van der Waals surface area contributed by atoms with E-state index in [4.69, 9.17) is 11.6 Å². The summed E-state index contributed by atoms with van der Waals surface area (Å²) in [6, 6.07) is 21.7. The van der Waals surface area contributed by atoms with Crippen molar-refractivity contribution in [2.45, 2.75) is 26.6 Å². The SMILES string of the molecule is Cc1ccc(NC2c3ccccc3C(=O)N2Cc2ccccc2Cl)cc1C. The average Bonchev–Trinajstić information content (AvgIpc) is 2.92. The third-order valence-electron chi connectivity index (χ3n) is 5.17. The van der Waals surface area contributed by atoms with Crippen LogP contribution in [0.15, 0.2) is 66.7 Å². The van der Waals surface area contributed by atoms with Gasteiger partial charge in [0.2, 0.25) is 0 Å². The number of carbonyl (C=O) groups excluding carboxylic acids is 1. The molecule has 136 valence electrons. The summed E-state index contributed by atoms with van der Waals surface area (Å²) in [5, 5.41) is 4.22. The predicted octanol–water partition coefficient (Wildman–Crippen LogP) is 5.72. The van der Waals surface area contributed by atoms with Crippen molar-refractivity contribution in [3.05, 3.63) is 99.6 Å². The molecule has 0 aliphatic carbocycles. The highest BCUT2D eigenvalue weighted by molar-refractivity contribution is 6.31. The van der Waals surface area contributed by atoms with Crippen LogP contribution in [0.5, 0.6) is 0 Å². The molecule has 1 atom stereocenters. The van der Waals surface area contributed by atoms with E-state index in [2.05, 4.69) is 37.4 Å². The molecule has 1 aliphatic rings. The maximum atomic E-state index is 13.1. The van der Waals surface area contributed by atoms with Gasteiger partial charge in [-0.2, -0.15) is 0 Å². The van der Waals surface area contributed by atoms with Crippen LogP contribution >= 0.6 is 11.6 Å². The van der Waals surface area contributed by atoms with Crippen molar-refractivity contribution < 1.29 is 4.79 Å². The molecule has 1 N–H and O–H groups in total. The van der Waals surface area contributed by atoms with Crippen LogP contribution in [-0.2, 0) is 6.54 Å². The van der Waals surface area contributed by atoms with Crippen molar-refractivity contribution in [1.29, 1.82) is 0 Å². The van der Waals surface area contributed by atoms with E-state index < -0.39 is 0 Å². The van der Waals surface area contributed by atoms with Crippen LogP contribution in [0.1, 0.15) is 38.8 Å². The van der Waals surface area contributed by atoms with E-state index in [-0.39, 0.29) is 12.1 Å². The second-order valence-corrected chi connectivity index (χ2v) is 7.36. The first kappa shape index (κ1) is 17.6. The summed E-state index contributed by atoms with van der Waals surface area (Å²) in [4.78, 5) is 14.9. The molecule has 3 aromatic rings. The second kappa shape index (κ2) is 7.09. The van der Waals surface area contributed by atoms with E-state index >= 15 is 0 Å². The van der Waals surface area contributed by atoms with E-state index in [0.717, 1.165) is 22.4 Å². The van der Waals surface area contributed by atoms with Gasteiger partial charge in [0.15, 0.2) is 0 Å². The van der Waals surface area contributed by atoms with Gasteiger partial charge in [-0.3, -0.25) is 4.79 Å². The largest absolute Gasteiger partial charge is 0.361 e. The number of carbonyl (C=O) groups is 1. The Morgan fingerprint density at radius 3 is 2.48 bits per heavy atom. The number of hydrogen-bond acceptors (Lipinski definition) is 2. The molecule has 3 aromatic carbocycles. The van der Waals surface area contributed by atoms with E-state index in [1.54, 1.807) is 0 Å². The summed E-state index contributed by atoms with van der Waals surface area (Å²) >= 11 is 6.35. The van der Waals surface area contributed by atoms with Gasteiger partial charge in [0.05, 0.1) is 0 Å². The molecule has 4 rings (SSSR count). The molecule has 0 bridgehead atoms. The zero-order valence-electron chi connectivity index (χ0n) is 15.4. The first-order valence-electron chi connectivity index (χ1n) is 9.01. The number of hydrogen-bond donors (Lipinski definition) is 1. The first-order valence-corrected chi connectivity index (χ1v) is 9.39. The Hall–Kier alpha value is -2.78. The summed E-state index contributed by atoms with van der Waals surface area (Å²) in [5.74, 6) is 0.0202. The van der Waals surface area contributed by atoms with Gasteiger partial charge in [-0.25, -0.2) is 0 Å². The molecule has 0 radical (unpaired) electrons. The number of halogens is 1. The Morgan fingerprint density at radius 2 is 1.70 bits per heavy atom. The minimum absolute atomic E-state index is 0.0202. The molecule has 1 unspecified atom stereocenters. The fourth-order valence-electron chi connectivity index (χ4n) is 3.49. The van der Waals surface area contributed by atoms with E-state index in [1.807, 2.05) is 53.4 Å². The maximum Gasteiger partial charge on any atom is 0.256 e. The van der Waals surface area contributed by atoms with Crippen LogP contribution in [0, 0.1) is 13.8 Å². The van der Waals surface area contributed by atoms with Crippen LogP contribution in [0.4, 0.5) is 5.69 Å². The van der Waals surface area contributed by atoms with Gasteiger partial charge in [0.1, 0.15) is 6.17 Å². The van der Waals surface area contributed by atoms with Crippen molar-refractivity contribution >= 4 is 23.2 Å². The summed E-state index contributed by atoms with van der Waals surface area (Å²) in [6.07, 6.45) is -0.230. The molecular formula is C23H21ClN2O. The highest BCUT2D eigenvalue weighted by Gasteiger charge is 2.36. The van der Waals surface area contributed by atoms with Gasteiger partial charge in [0, 0.05) is 28.4 Å². The quantitative estimate of drug-likeness (QED) is 0.631. The highest BCUT2D eigenvalue weighted by Crippen LogP contribution is 2.36. The first-order chi connectivity index (χ1) is 13.0. The van der Waals surface area contributed by atoms with Crippen LogP contribution in [0.3, 0.4) is 0 Å². The van der Waals surface area contributed by atoms with Crippen molar-refractivity contribution in [1.82, 2.24) is 4.90 Å². The Labute approximate surface area is 164 Å². The van der Waals surface area contributed by atoms with Crippen LogP contribution in [0.25, 0.3) is 0 Å². The van der Waals surface area contributed by atoms with E-state index in [0.29, 0.717) is 11.6 Å². The number of nitrogens with one attached hydrogen (secondary N) is 1. The number of anilines is 1. The summed E-state index contributed by atoms with van der Waals surface area (Å²) in [5.41, 5.74) is 6.13. The predicted molar refractivity (Wildman–Crippen MR) is 110 cm³/mol. The van der Waals surface area contributed by atoms with Crippen LogP contribution < -0.4 is 5.32 Å². The van der Waals surface area contributed by atoms with Crippen LogP contribution in [-0.4, -0.2) is 10.8 Å². The monoisotopic (exact) mass is 376 g/mol. The molecule has 0 saturated carbocycles. The molecule has 1 aliphatic heterocycles. The van der Waals surface area contributed by atoms with Gasteiger partial charge in [-0.05, 0) is 54.8 Å². The van der Waals surface area contributed by atoms with E-state index in [1.165, 1.54) is 11.1 Å². The molecule has 0 spiro atoms. The summed E-state index contributed by atoms with van der Waals surface area (Å²) in [7, 11) is 0. The standard InChI is InChI=1S/C23H21ClN2O/c1-15-11-12-18(13-16(15)2)25-22-19-8-4-5-9-20(19)23(27)26(22)14-17-7-3-6-10-21(17)24/h3-13,22,25H,14H2,1-2H3. The fourth-order valence-corrected chi connectivity index (χ4v) is 3.68. The second-order valence-electron chi connectivity index (χ2n) is 6.96. The molecule has 3 nitrogen and oxygen atoms in total. The van der Waals surface area contributed by atoms with E-state index in [9.17, 15) is 4.79 Å². The molecule has 1 heterocycles. The summed E-state index contributed by atoms with van der Waals surface area (Å²) < 4.78 is 0. The number of nitrogens with zero attached hydrogens (tertiary/aromatic N) is 1. The van der Waals surface area contributed by atoms with Crippen molar-refractivity contribution in [2.75, 3.05) is 5.32 Å². The number of amides is 1. The topological polar surface area (TPSA) is 32.3 Å². The zero-order valence-corrected chi connectivity index (χ0v) is 16.1.